The van der Waals surface area contributed by atoms with Crippen LogP contribution in [-0.4, -0.2) is 48.2 Å². The minimum atomic E-state index is -4.59. The number of hydrogen-bond donors (Lipinski definition) is 1. The number of nitrogens with zero attached hydrogens (tertiary/aromatic N) is 1. The molecule has 0 aromatic heterocycles. The number of alkyl halides is 3. The van der Waals surface area contributed by atoms with Gasteiger partial charge in [0.15, 0.2) is 11.5 Å². The normalized spacial score (nSPS) is 18.0. The fraction of sp³-hybridized carbons (Fsp3) is 0.304. The molecule has 0 aliphatic carbocycles. The molecule has 174 valence electrons. The van der Waals surface area contributed by atoms with Crippen molar-refractivity contribution in [2.24, 2.45) is 5.92 Å². The Morgan fingerprint density at radius 2 is 1.85 bits per heavy atom. The molecule has 1 fully saturated rings. The Bertz CT molecular complexity index is 1100. The Hall–Kier alpha value is -3.14. The first-order chi connectivity index (χ1) is 15.7. The maximum absolute atomic E-state index is 13.8. The van der Waals surface area contributed by atoms with Gasteiger partial charge in [-0.05, 0) is 48.4 Å². The Balaban J connectivity index is 1.52. The maximum atomic E-state index is 13.8. The van der Waals surface area contributed by atoms with Gasteiger partial charge in [0.05, 0.1) is 11.5 Å². The number of hydrogen-bond acceptors (Lipinski definition) is 5. The van der Waals surface area contributed by atoms with Gasteiger partial charge in [-0.3, -0.25) is 9.59 Å². The van der Waals surface area contributed by atoms with Gasteiger partial charge in [0, 0.05) is 29.0 Å². The molecule has 6 nitrogen and oxygen atoms in total. The molecule has 0 spiro atoms. The van der Waals surface area contributed by atoms with Crippen LogP contribution in [0.4, 0.5) is 13.2 Å². The van der Waals surface area contributed by atoms with Crippen LogP contribution in [0.5, 0.6) is 11.5 Å². The smallest absolute Gasteiger partial charge is 0.417 e. The standard InChI is InChI=1S/C23H20F3NO5S/c24-23(25,26)17-11-14(2-6-21(28)27-8-7-15(13-27)22(29)30)1-5-20(17)33-16-3-4-18-19(12-16)32-10-9-31-18/h1-6,11-12,15H,7-10,13H2,(H,29,30). The quantitative estimate of drug-likeness (QED) is 0.633. The van der Waals surface area contributed by atoms with E-state index in [0.717, 1.165) is 17.8 Å². The number of aliphatic carboxylic acids is 1. The third kappa shape index (κ3) is 5.44. The number of rotatable bonds is 5. The number of amides is 1. The first kappa shape index (κ1) is 23.0. The zero-order valence-corrected chi connectivity index (χ0v) is 18.1. The van der Waals surface area contributed by atoms with Crippen LogP contribution in [0.25, 0.3) is 6.08 Å². The number of ether oxygens (including phenoxy) is 2. The number of halogens is 3. The SMILES string of the molecule is O=C(O)C1CCN(C(=O)C=Cc2ccc(Sc3ccc4c(c3)OCCO4)c(C(F)(F)F)c2)C1. The summed E-state index contributed by atoms with van der Waals surface area (Å²) in [5.74, 6) is -0.960. The summed E-state index contributed by atoms with van der Waals surface area (Å²) in [6, 6.07) is 8.85. The van der Waals surface area contributed by atoms with Crippen LogP contribution in [0.3, 0.4) is 0 Å². The second kappa shape index (κ2) is 9.38. The van der Waals surface area contributed by atoms with Crippen molar-refractivity contribution < 1.29 is 37.3 Å². The molecule has 33 heavy (non-hydrogen) atoms. The first-order valence-corrected chi connectivity index (χ1v) is 11.0. The minimum Gasteiger partial charge on any atom is -0.486 e. The molecule has 0 radical (unpaired) electrons. The molecule has 2 heterocycles. The number of carboxylic acids is 1. The van der Waals surface area contributed by atoms with Gasteiger partial charge in [-0.2, -0.15) is 13.2 Å². The van der Waals surface area contributed by atoms with Gasteiger partial charge in [-0.25, -0.2) is 0 Å². The third-order valence-corrected chi connectivity index (χ3v) is 6.38. The Labute approximate surface area is 192 Å². The second-order valence-corrected chi connectivity index (χ2v) is 8.72. The van der Waals surface area contributed by atoms with E-state index in [9.17, 15) is 22.8 Å². The third-order valence-electron chi connectivity index (χ3n) is 5.32. The molecule has 10 heteroatoms. The highest BCUT2D eigenvalue weighted by Crippen LogP contribution is 2.42. The summed E-state index contributed by atoms with van der Waals surface area (Å²) >= 11 is 0.960. The van der Waals surface area contributed by atoms with Crippen LogP contribution >= 0.6 is 11.8 Å². The van der Waals surface area contributed by atoms with E-state index in [2.05, 4.69) is 0 Å². The molecular formula is C23H20F3NO5S. The highest BCUT2D eigenvalue weighted by molar-refractivity contribution is 7.99. The van der Waals surface area contributed by atoms with Crippen LogP contribution < -0.4 is 9.47 Å². The number of carbonyl (C=O) groups excluding carboxylic acids is 1. The lowest BCUT2D eigenvalue weighted by molar-refractivity contribution is -0.141. The van der Waals surface area contributed by atoms with Crippen molar-refractivity contribution in [2.75, 3.05) is 26.3 Å². The van der Waals surface area contributed by atoms with Crippen molar-refractivity contribution in [1.82, 2.24) is 4.90 Å². The number of fused-ring (bicyclic) bond motifs is 1. The highest BCUT2D eigenvalue weighted by Gasteiger charge is 2.34. The summed E-state index contributed by atoms with van der Waals surface area (Å²) < 4.78 is 52.2. The molecule has 0 bridgehead atoms. The lowest BCUT2D eigenvalue weighted by Gasteiger charge is -2.19. The summed E-state index contributed by atoms with van der Waals surface area (Å²) in [7, 11) is 0. The summed E-state index contributed by atoms with van der Waals surface area (Å²) in [4.78, 5) is 25.3. The Morgan fingerprint density at radius 1 is 1.09 bits per heavy atom. The average Bonchev–Trinajstić information content (AvgIpc) is 3.28. The monoisotopic (exact) mass is 479 g/mol. The topological polar surface area (TPSA) is 76.1 Å². The van der Waals surface area contributed by atoms with E-state index in [0.29, 0.717) is 42.6 Å². The van der Waals surface area contributed by atoms with E-state index < -0.39 is 29.5 Å². The molecule has 4 rings (SSSR count). The van der Waals surface area contributed by atoms with Crippen LogP contribution in [0.15, 0.2) is 52.3 Å². The lowest BCUT2D eigenvalue weighted by atomic mass is 10.1. The summed E-state index contributed by atoms with van der Waals surface area (Å²) in [6.45, 7) is 1.20. The van der Waals surface area contributed by atoms with Crippen molar-refractivity contribution in [2.45, 2.75) is 22.4 Å². The summed E-state index contributed by atoms with van der Waals surface area (Å²) in [5, 5.41) is 9.04. The molecule has 0 saturated carbocycles. The van der Waals surface area contributed by atoms with E-state index in [-0.39, 0.29) is 17.0 Å². The zero-order valence-electron chi connectivity index (χ0n) is 17.3. The fourth-order valence-electron chi connectivity index (χ4n) is 3.61. The number of benzene rings is 2. The molecule has 2 aromatic rings. The van der Waals surface area contributed by atoms with E-state index in [1.807, 2.05) is 0 Å². The van der Waals surface area contributed by atoms with Crippen LogP contribution in [0.2, 0.25) is 0 Å². The largest absolute Gasteiger partial charge is 0.486 e. The van der Waals surface area contributed by atoms with E-state index in [1.54, 1.807) is 18.2 Å². The molecule has 2 aliphatic heterocycles. The van der Waals surface area contributed by atoms with Gasteiger partial charge in [-0.15, -0.1) is 0 Å². The highest BCUT2D eigenvalue weighted by atomic mass is 32.2. The Kier molecular flexibility index (Phi) is 6.55. The van der Waals surface area contributed by atoms with Crippen LogP contribution in [-0.2, 0) is 15.8 Å². The van der Waals surface area contributed by atoms with Crippen LogP contribution in [0.1, 0.15) is 17.5 Å². The predicted octanol–water partition coefficient (Wildman–Crippen LogP) is 4.57. The van der Waals surface area contributed by atoms with Gasteiger partial charge in [0.25, 0.3) is 0 Å². The Morgan fingerprint density at radius 3 is 2.55 bits per heavy atom. The minimum absolute atomic E-state index is 0.0199. The predicted molar refractivity (Wildman–Crippen MR) is 114 cm³/mol. The summed E-state index contributed by atoms with van der Waals surface area (Å²) in [6.07, 6.45) is -1.75. The van der Waals surface area contributed by atoms with Crippen molar-refractivity contribution in [3.8, 4) is 11.5 Å². The molecule has 1 amide bonds. The molecule has 1 N–H and O–H groups in total. The van der Waals surface area contributed by atoms with Crippen molar-refractivity contribution in [3.63, 3.8) is 0 Å². The van der Waals surface area contributed by atoms with Crippen molar-refractivity contribution in [1.29, 1.82) is 0 Å². The van der Waals surface area contributed by atoms with E-state index in [1.165, 1.54) is 29.2 Å². The number of carbonyl (C=O) groups is 2. The zero-order chi connectivity index (χ0) is 23.6. The summed E-state index contributed by atoms with van der Waals surface area (Å²) in [5.41, 5.74) is -0.597. The molecular weight excluding hydrogens is 459 g/mol. The molecule has 2 aliphatic rings. The molecule has 1 atom stereocenters. The van der Waals surface area contributed by atoms with E-state index >= 15 is 0 Å². The molecule has 1 unspecified atom stereocenters. The second-order valence-electron chi connectivity index (χ2n) is 7.60. The van der Waals surface area contributed by atoms with Gasteiger partial charge in [-0.1, -0.05) is 17.8 Å². The molecule has 2 aromatic carbocycles. The fourth-order valence-corrected chi connectivity index (χ4v) is 4.59. The van der Waals surface area contributed by atoms with E-state index in [4.69, 9.17) is 14.6 Å². The van der Waals surface area contributed by atoms with Crippen molar-refractivity contribution in [3.05, 3.63) is 53.6 Å². The number of likely N-dealkylation sites (tertiary alicyclic amines) is 1. The first-order valence-electron chi connectivity index (χ1n) is 10.2. The number of carboxylic acid groups (broad SMARTS) is 1. The van der Waals surface area contributed by atoms with Gasteiger partial charge < -0.3 is 19.5 Å². The van der Waals surface area contributed by atoms with Crippen LogP contribution in [0, 0.1) is 5.92 Å². The maximum Gasteiger partial charge on any atom is 0.417 e. The van der Waals surface area contributed by atoms with Gasteiger partial charge in [0.2, 0.25) is 5.91 Å². The van der Waals surface area contributed by atoms with Crippen molar-refractivity contribution >= 4 is 29.7 Å². The average molecular weight is 479 g/mol. The molecule has 1 saturated heterocycles. The van der Waals surface area contributed by atoms with Gasteiger partial charge >= 0.3 is 12.1 Å². The lowest BCUT2D eigenvalue weighted by Crippen LogP contribution is -2.28. The van der Waals surface area contributed by atoms with Gasteiger partial charge in [0.1, 0.15) is 13.2 Å².